The molecule has 0 heterocycles. The quantitative estimate of drug-likeness (QED) is 0.900. The molecule has 0 fully saturated rings. The minimum atomic E-state index is -0.159. The van der Waals surface area contributed by atoms with Crippen molar-refractivity contribution in [1.29, 1.82) is 0 Å². The highest BCUT2D eigenvalue weighted by Crippen LogP contribution is 2.25. The highest BCUT2D eigenvalue weighted by atomic mass is 79.9. The number of halogens is 2. The minimum Gasteiger partial charge on any atom is -0.496 e. The van der Waals surface area contributed by atoms with E-state index < -0.39 is 0 Å². The van der Waals surface area contributed by atoms with Crippen molar-refractivity contribution in [3.05, 3.63) is 63.1 Å². The Morgan fingerprint density at radius 1 is 1.30 bits per heavy atom. The molecule has 1 N–H and O–H groups in total. The van der Waals surface area contributed by atoms with Gasteiger partial charge in [-0.25, -0.2) is 0 Å². The molecule has 20 heavy (non-hydrogen) atoms. The maximum Gasteiger partial charge on any atom is 0.251 e. The molecule has 0 aliphatic rings. The van der Waals surface area contributed by atoms with Gasteiger partial charge in [-0.05, 0) is 45.8 Å². The SMILES string of the molecule is COc1ccc(C(=O)NCc2ccccc2Cl)cc1Br. The minimum absolute atomic E-state index is 0.159. The van der Waals surface area contributed by atoms with Crippen LogP contribution in [0.5, 0.6) is 5.75 Å². The predicted octanol–water partition coefficient (Wildman–Crippen LogP) is 4.04. The fraction of sp³-hybridized carbons (Fsp3) is 0.133. The molecule has 0 unspecified atom stereocenters. The highest BCUT2D eigenvalue weighted by molar-refractivity contribution is 9.10. The number of hydrogen-bond donors (Lipinski definition) is 1. The summed E-state index contributed by atoms with van der Waals surface area (Å²) in [6.45, 7) is 0.391. The topological polar surface area (TPSA) is 38.3 Å². The summed E-state index contributed by atoms with van der Waals surface area (Å²) >= 11 is 9.40. The van der Waals surface area contributed by atoms with Crippen molar-refractivity contribution in [2.75, 3.05) is 7.11 Å². The summed E-state index contributed by atoms with van der Waals surface area (Å²) in [4.78, 5) is 12.1. The summed E-state index contributed by atoms with van der Waals surface area (Å²) in [7, 11) is 1.58. The smallest absolute Gasteiger partial charge is 0.251 e. The number of methoxy groups -OCH3 is 1. The summed E-state index contributed by atoms with van der Waals surface area (Å²) in [6.07, 6.45) is 0. The van der Waals surface area contributed by atoms with Gasteiger partial charge in [-0.3, -0.25) is 4.79 Å². The zero-order valence-corrected chi connectivity index (χ0v) is 13.2. The van der Waals surface area contributed by atoms with Gasteiger partial charge >= 0.3 is 0 Å². The highest BCUT2D eigenvalue weighted by Gasteiger charge is 2.09. The maximum absolute atomic E-state index is 12.1. The van der Waals surface area contributed by atoms with Crippen LogP contribution in [0.15, 0.2) is 46.9 Å². The molecule has 0 bridgehead atoms. The molecule has 2 aromatic rings. The first-order chi connectivity index (χ1) is 9.61. The van der Waals surface area contributed by atoms with Crippen LogP contribution in [-0.4, -0.2) is 13.0 Å². The van der Waals surface area contributed by atoms with E-state index >= 15 is 0 Å². The molecule has 0 saturated heterocycles. The number of carbonyl (C=O) groups is 1. The molecule has 0 aromatic heterocycles. The largest absolute Gasteiger partial charge is 0.496 e. The summed E-state index contributed by atoms with van der Waals surface area (Å²) in [5.41, 5.74) is 1.44. The van der Waals surface area contributed by atoms with Crippen molar-refractivity contribution in [2.24, 2.45) is 0 Å². The third-order valence-electron chi connectivity index (χ3n) is 2.81. The van der Waals surface area contributed by atoms with Gasteiger partial charge in [-0.15, -0.1) is 0 Å². The second-order valence-corrected chi connectivity index (χ2v) is 5.38. The average molecular weight is 355 g/mol. The van der Waals surface area contributed by atoms with Gasteiger partial charge in [0.25, 0.3) is 5.91 Å². The summed E-state index contributed by atoms with van der Waals surface area (Å²) in [6, 6.07) is 12.6. The molecule has 2 rings (SSSR count). The lowest BCUT2D eigenvalue weighted by molar-refractivity contribution is 0.0951. The van der Waals surface area contributed by atoms with Crippen molar-refractivity contribution < 1.29 is 9.53 Å². The van der Waals surface area contributed by atoms with E-state index in [4.69, 9.17) is 16.3 Å². The lowest BCUT2D eigenvalue weighted by Crippen LogP contribution is -2.22. The Morgan fingerprint density at radius 2 is 2.05 bits per heavy atom. The number of hydrogen-bond acceptors (Lipinski definition) is 2. The maximum atomic E-state index is 12.1. The van der Waals surface area contributed by atoms with Crippen molar-refractivity contribution >= 4 is 33.4 Å². The van der Waals surface area contributed by atoms with Crippen LogP contribution in [0.2, 0.25) is 5.02 Å². The van der Waals surface area contributed by atoms with E-state index in [-0.39, 0.29) is 5.91 Å². The Bertz CT molecular complexity index is 631. The van der Waals surface area contributed by atoms with E-state index in [1.807, 2.05) is 18.2 Å². The van der Waals surface area contributed by atoms with Crippen LogP contribution in [0.4, 0.5) is 0 Å². The van der Waals surface area contributed by atoms with E-state index in [0.29, 0.717) is 22.9 Å². The molecule has 0 aliphatic carbocycles. The molecule has 0 aliphatic heterocycles. The number of ether oxygens (including phenoxy) is 1. The Morgan fingerprint density at radius 3 is 2.70 bits per heavy atom. The van der Waals surface area contributed by atoms with Crippen LogP contribution in [0.25, 0.3) is 0 Å². The fourth-order valence-corrected chi connectivity index (χ4v) is 2.47. The van der Waals surface area contributed by atoms with Gasteiger partial charge in [-0.2, -0.15) is 0 Å². The van der Waals surface area contributed by atoms with Crippen molar-refractivity contribution in [3.8, 4) is 5.75 Å². The Labute approximate surface area is 131 Å². The monoisotopic (exact) mass is 353 g/mol. The summed E-state index contributed by atoms with van der Waals surface area (Å²) < 4.78 is 5.87. The van der Waals surface area contributed by atoms with Crippen molar-refractivity contribution in [1.82, 2.24) is 5.32 Å². The van der Waals surface area contributed by atoms with Crippen LogP contribution >= 0.6 is 27.5 Å². The third-order valence-corrected chi connectivity index (χ3v) is 3.80. The van der Waals surface area contributed by atoms with E-state index in [1.165, 1.54) is 0 Å². The van der Waals surface area contributed by atoms with E-state index in [9.17, 15) is 4.79 Å². The van der Waals surface area contributed by atoms with Gasteiger partial charge in [-0.1, -0.05) is 29.8 Å². The van der Waals surface area contributed by atoms with Gasteiger partial charge in [0, 0.05) is 17.1 Å². The predicted molar refractivity (Wildman–Crippen MR) is 83.3 cm³/mol. The Hall–Kier alpha value is -1.52. The van der Waals surface area contributed by atoms with Crippen LogP contribution < -0.4 is 10.1 Å². The second kappa shape index (κ2) is 6.77. The zero-order chi connectivity index (χ0) is 14.5. The standard InChI is InChI=1S/C15H13BrClNO2/c1-20-14-7-6-10(8-12(14)16)15(19)18-9-11-4-2-3-5-13(11)17/h2-8H,9H2,1H3,(H,18,19). The molecule has 104 valence electrons. The lowest BCUT2D eigenvalue weighted by atomic mass is 10.2. The molecule has 3 nitrogen and oxygen atoms in total. The second-order valence-electron chi connectivity index (χ2n) is 4.12. The Kier molecular flexibility index (Phi) is 5.04. The number of rotatable bonds is 4. The van der Waals surface area contributed by atoms with Crippen LogP contribution in [-0.2, 0) is 6.54 Å². The first-order valence-electron chi connectivity index (χ1n) is 5.97. The lowest BCUT2D eigenvalue weighted by Gasteiger charge is -2.08. The van der Waals surface area contributed by atoms with Crippen molar-refractivity contribution in [2.45, 2.75) is 6.54 Å². The molecule has 0 atom stereocenters. The molecule has 2 aromatic carbocycles. The molecule has 5 heteroatoms. The van der Waals surface area contributed by atoms with Gasteiger partial charge in [0.1, 0.15) is 5.75 Å². The normalized spacial score (nSPS) is 10.2. The molecule has 0 saturated carbocycles. The molecule has 1 amide bonds. The number of carbonyl (C=O) groups excluding carboxylic acids is 1. The van der Waals surface area contributed by atoms with Gasteiger partial charge < -0.3 is 10.1 Å². The third kappa shape index (κ3) is 3.52. The zero-order valence-electron chi connectivity index (χ0n) is 10.8. The first-order valence-corrected chi connectivity index (χ1v) is 7.14. The van der Waals surface area contributed by atoms with Crippen LogP contribution in [0.3, 0.4) is 0 Å². The average Bonchev–Trinajstić information content (AvgIpc) is 2.46. The van der Waals surface area contributed by atoms with E-state index in [2.05, 4.69) is 21.2 Å². The van der Waals surface area contributed by atoms with Gasteiger partial charge in [0.05, 0.1) is 11.6 Å². The van der Waals surface area contributed by atoms with E-state index in [1.54, 1.807) is 31.4 Å². The van der Waals surface area contributed by atoms with Gasteiger partial charge in [0.2, 0.25) is 0 Å². The first kappa shape index (κ1) is 14.9. The summed E-state index contributed by atoms with van der Waals surface area (Å²) in [5.74, 6) is 0.529. The number of amides is 1. The van der Waals surface area contributed by atoms with Gasteiger partial charge in [0.15, 0.2) is 0 Å². The van der Waals surface area contributed by atoms with Crippen LogP contribution in [0, 0.1) is 0 Å². The van der Waals surface area contributed by atoms with Crippen LogP contribution in [0.1, 0.15) is 15.9 Å². The Balaban J connectivity index is 2.05. The molecule has 0 radical (unpaired) electrons. The fourth-order valence-electron chi connectivity index (χ4n) is 1.73. The summed E-state index contributed by atoms with van der Waals surface area (Å²) in [5, 5.41) is 3.48. The van der Waals surface area contributed by atoms with Crippen molar-refractivity contribution in [3.63, 3.8) is 0 Å². The molecule has 0 spiro atoms. The number of benzene rings is 2. The number of nitrogens with one attached hydrogen (secondary N) is 1. The van der Waals surface area contributed by atoms with E-state index in [0.717, 1.165) is 10.0 Å². The molecular weight excluding hydrogens is 342 g/mol. The molecular formula is C15H13BrClNO2.